The summed E-state index contributed by atoms with van der Waals surface area (Å²) >= 11 is 0. The van der Waals surface area contributed by atoms with Crippen molar-refractivity contribution in [1.82, 2.24) is 19.9 Å². The van der Waals surface area contributed by atoms with Crippen LogP contribution < -0.4 is 4.74 Å². The number of hydrogen-bond acceptors (Lipinski definition) is 8. The monoisotopic (exact) mass is 534 g/mol. The lowest BCUT2D eigenvalue weighted by atomic mass is 10.0. The molecule has 2 aromatic heterocycles. The number of amides is 1. The molecule has 1 aliphatic rings. The number of fused-ring (bicyclic) bond motifs is 1. The molecule has 11 heteroatoms. The van der Waals surface area contributed by atoms with Crippen LogP contribution in [0.15, 0.2) is 59.6 Å². The topological polar surface area (TPSA) is 132 Å². The largest absolute Gasteiger partial charge is 0.465 e. The molecule has 0 radical (unpaired) electrons. The van der Waals surface area contributed by atoms with Gasteiger partial charge in [-0.3, -0.25) is 9.78 Å². The van der Waals surface area contributed by atoms with Gasteiger partial charge in [0.15, 0.2) is 15.7 Å². The Kier molecular flexibility index (Phi) is 6.62. The number of carbonyl (C=O) groups is 2. The van der Waals surface area contributed by atoms with E-state index >= 15 is 0 Å². The highest BCUT2D eigenvalue weighted by atomic mass is 32.2. The summed E-state index contributed by atoms with van der Waals surface area (Å²) < 4.78 is 34.7. The van der Waals surface area contributed by atoms with Gasteiger partial charge in [0, 0.05) is 37.6 Å². The number of H-pyrrole nitrogens is 1. The first-order valence-electron chi connectivity index (χ1n) is 12.0. The van der Waals surface area contributed by atoms with Crippen LogP contribution in [0, 0.1) is 0 Å². The van der Waals surface area contributed by atoms with Crippen LogP contribution in [0.25, 0.3) is 22.6 Å². The minimum atomic E-state index is -3.34. The summed E-state index contributed by atoms with van der Waals surface area (Å²) in [5.41, 5.74) is 3.06. The molecule has 3 heterocycles. The maximum absolute atomic E-state index is 12.3. The summed E-state index contributed by atoms with van der Waals surface area (Å²) in [4.78, 5) is 38.4. The van der Waals surface area contributed by atoms with Gasteiger partial charge in [0.25, 0.3) is 0 Å². The summed E-state index contributed by atoms with van der Waals surface area (Å²) in [6.45, 7) is 2.21. The molecule has 0 spiro atoms. The van der Waals surface area contributed by atoms with E-state index in [1.54, 1.807) is 37.3 Å². The first kappa shape index (κ1) is 25.4. The molecule has 5 rings (SSSR count). The second-order valence-electron chi connectivity index (χ2n) is 9.13. The van der Waals surface area contributed by atoms with Crippen LogP contribution in [0.4, 0.5) is 0 Å². The van der Waals surface area contributed by atoms with Gasteiger partial charge in [0.05, 0.1) is 34.6 Å². The van der Waals surface area contributed by atoms with E-state index in [0.717, 1.165) is 30.2 Å². The van der Waals surface area contributed by atoms with Crippen molar-refractivity contribution in [2.45, 2.75) is 30.7 Å². The molecule has 4 aromatic rings. The number of methoxy groups -OCH3 is 1. The summed E-state index contributed by atoms with van der Waals surface area (Å²) in [5, 5.41) is 0. The van der Waals surface area contributed by atoms with Crippen molar-refractivity contribution >= 4 is 32.7 Å². The molecule has 38 heavy (non-hydrogen) atoms. The van der Waals surface area contributed by atoms with Gasteiger partial charge in [0.2, 0.25) is 5.91 Å². The van der Waals surface area contributed by atoms with Gasteiger partial charge in [-0.05, 0) is 55.3 Å². The highest BCUT2D eigenvalue weighted by Gasteiger charge is 2.31. The second kappa shape index (κ2) is 9.90. The minimum Gasteiger partial charge on any atom is -0.465 e. The average molecular weight is 535 g/mol. The number of carbonyl (C=O) groups excluding carboxylic acids is 2. The van der Waals surface area contributed by atoms with E-state index in [2.05, 4.69) is 15.0 Å². The van der Waals surface area contributed by atoms with Gasteiger partial charge in [0.1, 0.15) is 17.2 Å². The highest BCUT2D eigenvalue weighted by molar-refractivity contribution is 7.90. The number of esters is 1. The van der Waals surface area contributed by atoms with E-state index in [-0.39, 0.29) is 16.8 Å². The Bertz CT molecular complexity index is 1630. The van der Waals surface area contributed by atoms with Crippen LogP contribution >= 0.6 is 0 Å². The third-order valence-corrected chi connectivity index (χ3v) is 7.67. The molecular weight excluding hydrogens is 508 g/mol. The number of sulfone groups is 1. The third kappa shape index (κ3) is 4.97. The third-order valence-electron chi connectivity index (χ3n) is 6.54. The maximum atomic E-state index is 12.3. The number of hydrogen-bond donors (Lipinski definition) is 1. The van der Waals surface area contributed by atoms with E-state index in [1.807, 2.05) is 11.0 Å². The number of rotatable bonds is 6. The van der Waals surface area contributed by atoms with Crippen molar-refractivity contribution in [3.05, 3.63) is 65.9 Å². The SMILES string of the molecule is COC(=O)c1ccc(-c2nc3cc(Oc4ccc(S(C)(=O)=O)cc4)c(C4CCCN4C(C)=O)cc3[nH]2)nc1. The molecule has 1 amide bonds. The van der Waals surface area contributed by atoms with Crippen LogP contribution in [0.3, 0.4) is 0 Å². The normalized spacial score (nSPS) is 15.6. The molecule has 0 aliphatic carbocycles. The molecule has 1 unspecified atom stereocenters. The summed E-state index contributed by atoms with van der Waals surface area (Å²) in [7, 11) is -2.03. The molecule has 2 aromatic carbocycles. The minimum absolute atomic E-state index is 0.0174. The summed E-state index contributed by atoms with van der Waals surface area (Å²) in [6.07, 6.45) is 4.23. The van der Waals surface area contributed by atoms with Crippen LogP contribution in [0.5, 0.6) is 11.5 Å². The summed E-state index contributed by atoms with van der Waals surface area (Å²) in [5.74, 6) is 0.996. The van der Waals surface area contributed by atoms with Crippen molar-refractivity contribution < 1.29 is 27.5 Å². The second-order valence-corrected chi connectivity index (χ2v) is 11.1. The zero-order chi connectivity index (χ0) is 27.0. The summed E-state index contributed by atoms with van der Waals surface area (Å²) in [6, 6.07) is 13.1. The lowest BCUT2D eigenvalue weighted by molar-refractivity contribution is -0.129. The Morgan fingerprint density at radius 2 is 1.87 bits per heavy atom. The molecule has 0 saturated carbocycles. The fourth-order valence-electron chi connectivity index (χ4n) is 4.65. The Morgan fingerprint density at radius 1 is 1.11 bits per heavy atom. The quantitative estimate of drug-likeness (QED) is 0.363. The van der Waals surface area contributed by atoms with Crippen molar-refractivity contribution in [2.24, 2.45) is 0 Å². The Morgan fingerprint density at radius 3 is 2.50 bits per heavy atom. The number of aromatic nitrogens is 3. The number of nitrogens with zero attached hydrogens (tertiary/aromatic N) is 3. The van der Waals surface area contributed by atoms with E-state index < -0.39 is 15.8 Å². The molecule has 1 N–H and O–H groups in total. The predicted molar refractivity (Wildman–Crippen MR) is 140 cm³/mol. The van der Waals surface area contributed by atoms with E-state index in [1.165, 1.54) is 25.4 Å². The Hall–Kier alpha value is -4.25. The zero-order valence-electron chi connectivity index (χ0n) is 21.1. The van der Waals surface area contributed by atoms with E-state index in [9.17, 15) is 18.0 Å². The van der Waals surface area contributed by atoms with E-state index in [0.29, 0.717) is 40.6 Å². The highest BCUT2D eigenvalue weighted by Crippen LogP contribution is 2.41. The van der Waals surface area contributed by atoms with Crippen molar-refractivity contribution in [3.63, 3.8) is 0 Å². The van der Waals surface area contributed by atoms with Crippen LogP contribution in [0.2, 0.25) is 0 Å². The van der Waals surface area contributed by atoms with Gasteiger partial charge in [-0.1, -0.05) is 0 Å². The first-order chi connectivity index (χ1) is 18.1. The first-order valence-corrected chi connectivity index (χ1v) is 13.9. The standard InChI is InChI=1S/C27H26N4O6S/c1-16(32)31-12-4-5-24(31)20-13-22-23(14-25(20)37-18-7-9-19(10-8-18)38(3,34)35)30-26(29-22)21-11-6-17(15-28-21)27(33)36-2/h6-11,13-15,24H,4-5,12H2,1-3H3,(H,29,30). The lowest BCUT2D eigenvalue weighted by Gasteiger charge is -2.25. The fraction of sp³-hybridized carbons (Fsp3) is 0.259. The molecule has 1 saturated heterocycles. The zero-order valence-corrected chi connectivity index (χ0v) is 21.9. The number of ether oxygens (including phenoxy) is 2. The van der Waals surface area contributed by atoms with Gasteiger partial charge < -0.3 is 19.4 Å². The number of benzene rings is 2. The number of aromatic amines is 1. The van der Waals surface area contributed by atoms with Crippen molar-refractivity contribution in [2.75, 3.05) is 19.9 Å². The molecule has 1 atom stereocenters. The smallest absolute Gasteiger partial charge is 0.339 e. The molecule has 1 fully saturated rings. The van der Waals surface area contributed by atoms with Crippen LogP contribution in [0.1, 0.15) is 41.7 Å². The van der Waals surface area contributed by atoms with Gasteiger partial charge in [-0.15, -0.1) is 0 Å². The lowest BCUT2D eigenvalue weighted by Crippen LogP contribution is -2.28. The molecule has 196 valence electrons. The average Bonchev–Trinajstić information content (AvgIpc) is 3.55. The molecule has 0 bridgehead atoms. The number of pyridine rings is 1. The molecule has 1 aliphatic heterocycles. The van der Waals surface area contributed by atoms with Crippen molar-refractivity contribution in [3.8, 4) is 23.0 Å². The predicted octanol–water partition coefficient (Wildman–Crippen LogP) is 4.29. The molecular formula is C27H26N4O6S. The van der Waals surface area contributed by atoms with Crippen molar-refractivity contribution in [1.29, 1.82) is 0 Å². The van der Waals surface area contributed by atoms with Gasteiger partial charge in [-0.25, -0.2) is 18.2 Å². The fourth-order valence-corrected chi connectivity index (χ4v) is 5.28. The maximum Gasteiger partial charge on any atom is 0.339 e. The Labute approximate surface area is 219 Å². The van der Waals surface area contributed by atoms with Gasteiger partial charge >= 0.3 is 5.97 Å². The van der Waals surface area contributed by atoms with Crippen LogP contribution in [-0.2, 0) is 19.4 Å². The van der Waals surface area contributed by atoms with Crippen LogP contribution in [-0.4, -0.2) is 60.1 Å². The van der Waals surface area contributed by atoms with Gasteiger partial charge in [-0.2, -0.15) is 0 Å². The number of likely N-dealkylation sites (tertiary alicyclic amines) is 1. The molecule has 10 nitrogen and oxygen atoms in total. The van der Waals surface area contributed by atoms with E-state index in [4.69, 9.17) is 9.47 Å². The Balaban J connectivity index is 1.56. The number of imidazole rings is 1. The number of nitrogens with one attached hydrogen (secondary N) is 1.